The first-order valence-corrected chi connectivity index (χ1v) is 6.43. The Bertz CT molecular complexity index is 312. The standard InChI is InChI=1S/C12H16BrClO/c1-9(2)5-6-15-12-4-3-10(8-14)7-11(12)13/h3-4,7,9H,5-6,8H2,1-2H3. The summed E-state index contributed by atoms with van der Waals surface area (Å²) < 4.78 is 6.63. The van der Waals surface area contributed by atoms with Crippen molar-refractivity contribution in [2.45, 2.75) is 26.1 Å². The summed E-state index contributed by atoms with van der Waals surface area (Å²) in [6.07, 6.45) is 1.07. The van der Waals surface area contributed by atoms with Crippen LogP contribution in [0.4, 0.5) is 0 Å². The lowest BCUT2D eigenvalue weighted by atomic mass is 10.1. The Morgan fingerprint density at radius 2 is 2.13 bits per heavy atom. The van der Waals surface area contributed by atoms with Gasteiger partial charge in [0, 0.05) is 5.88 Å². The molecule has 0 saturated heterocycles. The highest BCUT2D eigenvalue weighted by Crippen LogP contribution is 2.26. The number of ether oxygens (including phenoxy) is 1. The molecule has 0 fully saturated rings. The molecule has 0 unspecified atom stereocenters. The van der Waals surface area contributed by atoms with Crippen molar-refractivity contribution in [1.29, 1.82) is 0 Å². The van der Waals surface area contributed by atoms with E-state index in [0.29, 0.717) is 11.8 Å². The van der Waals surface area contributed by atoms with E-state index >= 15 is 0 Å². The van der Waals surface area contributed by atoms with Crippen LogP contribution in [0.25, 0.3) is 0 Å². The van der Waals surface area contributed by atoms with Crippen molar-refractivity contribution in [3.63, 3.8) is 0 Å². The first kappa shape index (κ1) is 12.9. The monoisotopic (exact) mass is 290 g/mol. The van der Waals surface area contributed by atoms with E-state index in [9.17, 15) is 0 Å². The van der Waals surface area contributed by atoms with E-state index in [1.165, 1.54) is 0 Å². The summed E-state index contributed by atoms with van der Waals surface area (Å²) in [5.41, 5.74) is 1.10. The van der Waals surface area contributed by atoms with E-state index in [2.05, 4.69) is 29.8 Å². The first-order valence-electron chi connectivity index (χ1n) is 5.10. The zero-order valence-electron chi connectivity index (χ0n) is 9.09. The van der Waals surface area contributed by atoms with Crippen LogP contribution in [0.1, 0.15) is 25.8 Å². The second-order valence-corrected chi connectivity index (χ2v) is 5.05. The fraction of sp³-hybridized carbons (Fsp3) is 0.500. The van der Waals surface area contributed by atoms with Crippen LogP contribution in [-0.4, -0.2) is 6.61 Å². The maximum Gasteiger partial charge on any atom is 0.133 e. The molecule has 3 heteroatoms. The lowest BCUT2D eigenvalue weighted by Crippen LogP contribution is -2.01. The maximum atomic E-state index is 5.74. The summed E-state index contributed by atoms with van der Waals surface area (Å²) in [4.78, 5) is 0. The van der Waals surface area contributed by atoms with Gasteiger partial charge in [-0.3, -0.25) is 0 Å². The Kier molecular flexibility index (Phi) is 5.48. The molecule has 0 radical (unpaired) electrons. The summed E-state index contributed by atoms with van der Waals surface area (Å²) >= 11 is 9.21. The van der Waals surface area contributed by atoms with Crippen molar-refractivity contribution in [3.8, 4) is 5.75 Å². The van der Waals surface area contributed by atoms with Crippen LogP contribution >= 0.6 is 27.5 Å². The molecule has 1 rings (SSSR count). The van der Waals surface area contributed by atoms with Gasteiger partial charge in [0.05, 0.1) is 11.1 Å². The molecule has 1 aromatic rings. The van der Waals surface area contributed by atoms with Crippen LogP contribution in [0.15, 0.2) is 22.7 Å². The normalized spacial score (nSPS) is 10.7. The molecule has 0 aliphatic carbocycles. The quantitative estimate of drug-likeness (QED) is 0.720. The van der Waals surface area contributed by atoms with Gasteiger partial charge in [0.1, 0.15) is 5.75 Å². The first-order chi connectivity index (χ1) is 7.13. The zero-order valence-corrected chi connectivity index (χ0v) is 11.4. The minimum Gasteiger partial charge on any atom is -0.492 e. The number of alkyl halides is 1. The minimum atomic E-state index is 0.533. The van der Waals surface area contributed by atoms with Crippen LogP contribution in [0.3, 0.4) is 0 Å². The molecule has 1 nitrogen and oxygen atoms in total. The molecule has 0 aliphatic heterocycles. The Labute approximate surface area is 105 Å². The molecule has 0 bridgehead atoms. The summed E-state index contributed by atoms with van der Waals surface area (Å²) in [6.45, 7) is 5.14. The Morgan fingerprint density at radius 1 is 1.40 bits per heavy atom. The molecule has 0 saturated carbocycles. The van der Waals surface area contributed by atoms with E-state index in [4.69, 9.17) is 16.3 Å². The molecule has 1 aromatic carbocycles. The van der Waals surface area contributed by atoms with Crippen molar-refractivity contribution < 1.29 is 4.74 Å². The van der Waals surface area contributed by atoms with Crippen molar-refractivity contribution in [2.75, 3.05) is 6.61 Å². The smallest absolute Gasteiger partial charge is 0.133 e. The molecule has 0 heterocycles. The zero-order chi connectivity index (χ0) is 11.3. The highest BCUT2D eigenvalue weighted by atomic mass is 79.9. The van der Waals surface area contributed by atoms with Crippen LogP contribution in [0.2, 0.25) is 0 Å². The van der Waals surface area contributed by atoms with E-state index in [-0.39, 0.29) is 0 Å². The molecule has 0 amide bonds. The average molecular weight is 292 g/mol. The van der Waals surface area contributed by atoms with Gasteiger partial charge in [-0.05, 0) is 46.0 Å². The van der Waals surface area contributed by atoms with E-state index < -0.39 is 0 Å². The van der Waals surface area contributed by atoms with E-state index in [1.54, 1.807) is 0 Å². The molecule has 15 heavy (non-hydrogen) atoms. The van der Waals surface area contributed by atoms with Crippen LogP contribution in [0.5, 0.6) is 5.75 Å². The lowest BCUT2D eigenvalue weighted by molar-refractivity contribution is 0.288. The predicted molar refractivity (Wildman–Crippen MR) is 68.6 cm³/mol. The van der Waals surface area contributed by atoms with Crippen molar-refractivity contribution >= 4 is 27.5 Å². The fourth-order valence-corrected chi connectivity index (χ4v) is 1.86. The lowest BCUT2D eigenvalue weighted by Gasteiger charge is -2.10. The van der Waals surface area contributed by atoms with E-state index in [1.807, 2.05) is 18.2 Å². The van der Waals surface area contributed by atoms with Crippen molar-refractivity contribution in [3.05, 3.63) is 28.2 Å². The highest BCUT2D eigenvalue weighted by Gasteiger charge is 2.02. The molecule has 0 N–H and O–H groups in total. The van der Waals surface area contributed by atoms with Gasteiger partial charge in [-0.1, -0.05) is 19.9 Å². The molecule has 0 aliphatic rings. The summed E-state index contributed by atoms with van der Waals surface area (Å²) in [5.74, 6) is 2.10. The molecule has 84 valence electrons. The largest absolute Gasteiger partial charge is 0.492 e. The highest BCUT2D eigenvalue weighted by molar-refractivity contribution is 9.10. The molecule has 0 atom stereocenters. The average Bonchev–Trinajstić information content (AvgIpc) is 2.20. The molecular formula is C12H16BrClO. The van der Waals surface area contributed by atoms with Gasteiger partial charge in [-0.15, -0.1) is 11.6 Å². The Morgan fingerprint density at radius 3 is 2.67 bits per heavy atom. The van der Waals surface area contributed by atoms with E-state index in [0.717, 1.165) is 28.8 Å². The number of benzene rings is 1. The number of halogens is 2. The van der Waals surface area contributed by atoms with Gasteiger partial charge >= 0.3 is 0 Å². The van der Waals surface area contributed by atoms with Crippen molar-refractivity contribution in [2.24, 2.45) is 5.92 Å². The van der Waals surface area contributed by atoms with Crippen LogP contribution in [0, 0.1) is 5.92 Å². The second-order valence-electron chi connectivity index (χ2n) is 3.93. The Balaban J connectivity index is 2.54. The number of hydrogen-bond acceptors (Lipinski definition) is 1. The molecular weight excluding hydrogens is 275 g/mol. The van der Waals surface area contributed by atoms with Gasteiger partial charge < -0.3 is 4.74 Å². The SMILES string of the molecule is CC(C)CCOc1ccc(CCl)cc1Br. The van der Waals surface area contributed by atoms with Gasteiger partial charge in [0.15, 0.2) is 0 Å². The van der Waals surface area contributed by atoms with Crippen LogP contribution in [-0.2, 0) is 5.88 Å². The summed E-state index contributed by atoms with van der Waals surface area (Å²) in [5, 5.41) is 0. The summed E-state index contributed by atoms with van der Waals surface area (Å²) in [6, 6.07) is 5.95. The predicted octanol–water partition coefficient (Wildman–Crippen LogP) is 4.61. The van der Waals surface area contributed by atoms with Gasteiger partial charge in [-0.25, -0.2) is 0 Å². The molecule has 0 aromatic heterocycles. The van der Waals surface area contributed by atoms with Crippen molar-refractivity contribution in [1.82, 2.24) is 0 Å². The molecule has 0 spiro atoms. The van der Waals surface area contributed by atoms with Gasteiger partial charge in [-0.2, -0.15) is 0 Å². The fourth-order valence-electron chi connectivity index (χ4n) is 1.15. The third-order valence-electron chi connectivity index (χ3n) is 2.10. The van der Waals surface area contributed by atoms with Gasteiger partial charge in [0.2, 0.25) is 0 Å². The summed E-state index contributed by atoms with van der Waals surface area (Å²) in [7, 11) is 0. The Hall–Kier alpha value is -0.210. The van der Waals surface area contributed by atoms with Gasteiger partial charge in [0.25, 0.3) is 0 Å². The topological polar surface area (TPSA) is 9.23 Å². The number of hydrogen-bond donors (Lipinski definition) is 0. The van der Waals surface area contributed by atoms with Crippen LogP contribution < -0.4 is 4.74 Å². The third-order valence-corrected chi connectivity index (χ3v) is 3.03. The maximum absolute atomic E-state index is 5.74. The second kappa shape index (κ2) is 6.39. The minimum absolute atomic E-state index is 0.533. The number of rotatable bonds is 5. The third kappa shape index (κ3) is 4.43.